The largest absolute Gasteiger partial charge is 0.489 e. The van der Waals surface area contributed by atoms with Gasteiger partial charge in [0.2, 0.25) is 0 Å². The summed E-state index contributed by atoms with van der Waals surface area (Å²) in [5, 5.41) is 5.63. The topological polar surface area (TPSA) is 45.7 Å². The Labute approximate surface area is 151 Å². The third-order valence-corrected chi connectivity index (χ3v) is 3.56. The second-order valence-electron chi connectivity index (χ2n) is 5.64. The number of halogens is 3. The van der Waals surface area contributed by atoms with Crippen LogP contribution in [0.5, 0.6) is 5.75 Å². The summed E-state index contributed by atoms with van der Waals surface area (Å²) >= 11 is 0. The van der Waals surface area contributed by atoms with Gasteiger partial charge >= 0.3 is 6.18 Å². The molecule has 0 aliphatic heterocycles. The van der Waals surface area contributed by atoms with Crippen LogP contribution in [0.25, 0.3) is 0 Å². The summed E-state index contributed by atoms with van der Waals surface area (Å²) < 4.78 is 42.2. The summed E-state index contributed by atoms with van der Waals surface area (Å²) in [4.78, 5) is 3.91. The van der Waals surface area contributed by atoms with Gasteiger partial charge in [0.25, 0.3) is 0 Å². The van der Waals surface area contributed by atoms with Crippen LogP contribution in [0.1, 0.15) is 17.5 Å². The molecule has 0 saturated carbocycles. The van der Waals surface area contributed by atoms with Crippen LogP contribution in [0.2, 0.25) is 0 Å². The van der Waals surface area contributed by atoms with Crippen molar-refractivity contribution in [2.24, 2.45) is 4.99 Å². The summed E-state index contributed by atoms with van der Waals surface area (Å²) in [6.45, 7) is 0.725. The lowest BCUT2D eigenvalue weighted by Crippen LogP contribution is -2.38. The molecule has 7 heteroatoms. The molecule has 0 aliphatic rings. The quantitative estimate of drug-likeness (QED) is 0.578. The van der Waals surface area contributed by atoms with Gasteiger partial charge in [-0.15, -0.1) is 0 Å². The van der Waals surface area contributed by atoms with Crippen LogP contribution >= 0.6 is 0 Å². The second kappa shape index (κ2) is 9.70. The number of ether oxygens (including phenoxy) is 1. The molecule has 0 saturated heterocycles. The molecular formula is C19H22F3N3O. The first-order chi connectivity index (χ1) is 12.5. The molecule has 0 aromatic heterocycles. The van der Waals surface area contributed by atoms with Gasteiger partial charge in [0.1, 0.15) is 12.4 Å². The summed E-state index contributed by atoms with van der Waals surface area (Å²) in [5.41, 5.74) is 2.03. The van der Waals surface area contributed by atoms with E-state index in [0.717, 1.165) is 16.9 Å². The molecule has 4 nitrogen and oxygen atoms in total. The third kappa shape index (κ3) is 7.46. The normalized spacial score (nSPS) is 11.9. The van der Waals surface area contributed by atoms with E-state index in [0.29, 0.717) is 19.1 Å². The van der Waals surface area contributed by atoms with Gasteiger partial charge in [-0.05, 0) is 23.3 Å². The SMILES string of the molecule is CN=C(NCCC(F)(F)F)NCc1ccc(COc2ccccc2)cc1. The smallest absolute Gasteiger partial charge is 0.390 e. The number of para-hydroxylation sites is 1. The Morgan fingerprint density at radius 2 is 1.62 bits per heavy atom. The standard InChI is InChI=1S/C19H22F3N3O/c1-23-18(24-12-11-19(20,21)22)25-13-15-7-9-16(10-8-15)14-26-17-5-3-2-4-6-17/h2-10H,11-14H2,1H3,(H2,23,24,25). The zero-order valence-corrected chi connectivity index (χ0v) is 14.5. The maximum Gasteiger partial charge on any atom is 0.390 e. The molecule has 0 radical (unpaired) electrons. The van der Waals surface area contributed by atoms with E-state index < -0.39 is 12.6 Å². The molecule has 0 bridgehead atoms. The molecular weight excluding hydrogens is 343 g/mol. The molecule has 0 atom stereocenters. The number of aliphatic imine (C=N–C) groups is 1. The van der Waals surface area contributed by atoms with Crippen LogP contribution in [0.3, 0.4) is 0 Å². The zero-order valence-electron chi connectivity index (χ0n) is 14.5. The van der Waals surface area contributed by atoms with Gasteiger partial charge in [-0.25, -0.2) is 0 Å². The first-order valence-electron chi connectivity index (χ1n) is 8.23. The van der Waals surface area contributed by atoms with E-state index in [-0.39, 0.29) is 6.54 Å². The van der Waals surface area contributed by atoms with Gasteiger partial charge in [-0.2, -0.15) is 13.2 Å². The molecule has 2 aromatic rings. The molecule has 2 N–H and O–H groups in total. The van der Waals surface area contributed by atoms with Gasteiger partial charge in [0.15, 0.2) is 5.96 Å². The summed E-state index contributed by atoms with van der Waals surface area (Å²) in [5.74, 6) is 1.15. The summed E-state index contributed by atoms with van der Waals surface area (Å²) in [7, 11) is 1.52. The predicted octanol–water partition coefficient (Wildman–Crippen LogP) is 3.88. The maximum absolute atomic E-state index is 12.2. The lowest BCUT2D eigenvalue weighted by atomic mass is 10.1. The highest BCUT2D eigenvalue weighted by atomic mass is 19.4. The van der Waals surface area contributed by atoms with E-state index in [1.807, 2.05) is 54.6 Å². The number of alkyl halides is 3. The van der Waals surface area contributed by atoms with Crippen molar-refractivity contribution in [1.82, 2.24) is 10.6 Å². The monoisotopic (exact) mass is 365 g/mol. The fourth-order valence-corrected chi connectivity index (χ4v) is 2.17. The van der Waals surface area contributed by atoms with E-state index in [1.54, 1.807) is 0 Å². The number of nitrogens with one attached hydrogen (secondary N) is 2. The van der Waals surface area contributed by atoms with Gasteiger partial charge in [-0.3, -0.25) is 4.99 Å². The van der Waals surface area contributed by atoms with Crippen LogP contribution in [-0.4, -0.2) is 25.7 Å². The fourth-order valence-electron chi connectivity index (χ4n) is 2.17. The first-order valence-corrected chi connectivity index (χ1v) is 8.23. The van der Waals surface area contributed by atoms with Gasteiger partial charge in [0, 0.05) is 20.1 Å². The first kappa shape index (κ1) is 19.6. The Morgan fingerprint density at radius 1 is 0.962 bits per heavy atom. The average molecular weight is 365 g/mol. The van der Waals surface area contributed by atoms with E-state index in [1.165, 1.54) is 7.05 Å². The van der Waals surface area contributed by atoms with Crippen molar-refractivity contribution in [3.8, 4) is 5.75 Å². The van der Waals surface area contributed by atoms with Crippen molar-refractivity contribution in [1.29, 1.82) is 0 Å². The number of nitrogens with zero attached hydrogens (tertiary/aromatic N) is 1. The minimum absolute atomic E-state index is 0.209. The lowest BCUT2D eigenvalue weighted by molar-refractivity contribution is -0.132. The van der Waals surface area contributed by atoms with Crippen molar-refractivity contribution in [3.63, 3.8) is 0 Å². The zero-order chi connectivity index (χ0) is 18.8. The van der Waals surface area contributed by atoms with Crippen LogP contribution in [0, 0.1) is 0 Å². The molecule has 26 heavy (non-hydrogen) atoms. The van der Waals surface area contributed by atoms with Crippen LogP contribution in [0.4, 0.5) is 13.2 Å². The molecule has 140 valence electrons. The van der Waals surface area contributed by atoms with E-state index >= 15 is 0 Å². The van der Waals surface area contributed by atoms with E-state index in [9.17, 15) is 13.2 Å². The highest BCUT2D eigenvalue weighted by Gasteiger charge is 2.26. The highest BCUT2D eigenvalue weighted by molar-refractivity contribution is 5.79. The van der Waals surface area contributed by atoms with Gasteiger partial charge in [-0.1, -0.05) is 42.5 Å². The molecule has 0 amide bonds. The van der Waals surface area contributed by atoms with Crippen LogP contribution in [-0.2, 0) is 13.2 Å². The number of hydrogen-bond donors (Lipinski definition) is 2. The Kier molecular flexibility index (Phi) is 7.32. The van der Waals surface area contributed by atoms with Crippen molar-refractivity contribution in [3.05, 3.63) is 65.7 Å². The average Bonchev–Trinajstić information content (AvgIpc) is 2.63. The van der Waals surface area contributed by atoms with E-state index in [4.69, 9.17) is 4.74 Å². The minimum atomic E-state index is -4.18. The number of guanidine groups is 1. The van der Waals surface area contributed by atoms with Crippen molar-refractivity contribution >= 4 is 5.96 Å². The predicted molar refractivity (Wildman–Crippen MR) is 96.1 cm³/mol. The second-order valence-corrected chi connectivity index (χ2v) is 5.64. The Morgan fingerprint density at radius 3 is 2.23 bits per heavy atom. The Hall–Kier alpha value is -2.70. The molecule has 2 rings (SSSR count). The third-order valence-electron chi connectivity index (χ3n) is 3.56. The van der Waals surface area contributed by atoms with Crippen LogP contribution in [0.15, 0.2) is 59.6 Å². The number of benzene rings is 2. The number of hydrogen-bond acceptors (Lipinski definition) is 2. The molecule has 0 spiro atoms. The van der Waals surface area contributed by atoms with Crippen LogP contribution < -0.4 is 15.4 Å². The van der Waals surface area contributed by atoms with Crippen molar-refractivity contribution in [2.75, 3.05) is 13.6 Å². The molecule has 0 heterocycles. The van der Waals surface area contributed by atoms with Gasteiger partial charge in [0.05, 0.1) is 6.42 Å². The van der Waals surface area contributed by atoms with Crippen molar-refractivity contribution < 1.29 is 17.9 Å². The van der Waals surface area contributed by atoms with Gasteiger partial charge < -0.3 is 15.4 Å². The fraction of sp³-hybridized carbons (Fsp3) is 0.316. The Balaban J connectivity index is 1.75. The molecule has 0 fully saturated rings. The molecule has 0 unspecified atom stereocenters. The summed E-state index contributed by atoms with van der Waals surface area (Å²) in [6, 6.07) is 17.4. The number of rotatable bonds is 7. The summed E-state index contributed by atoms with van der Waals surface area (Å²) in [6.07, 6.45) is -5.08. The minimum Gasteiger partial charge on any atom is -0.489 e. The molecule has 2 aromatic carbocycles. The lowest BCUT2D eigenvalue weighted by Gasteiger charge is -2.13. The highest BCUT2D eigenvalue weighted by Crippen LogP contribution is 2.18. The maximum atomic E-state index is 12.2. The van der Waals surface area contributed by atoms with E-state index in [2.05, 4.69) is 15.6 Å². The Bertz CT molecular complexity index is 685. The molecule has 0 aliphatic carbocycles. The van der Waals surface area contributed by atoms with Crippen molar-refractivity contribution in [2.45, 2.75) is 25.7 Å².